The minimum absolute atomic E-state index is 0.320. The summed E-state index contributed by atoms with van der Waals surface area (Å²) in [7, 11) is 0. The Hall–Kier alpha value is -2.77. The van der Waals surface area contributed by atoms with Gasteiger partial charge in [-0.15, -0.1) is 5.10 Å². The van der Waals surface area contributed by atoms with Crippen molar-refractivity contribution in [2.45, 2.75) is 26.3 Å². The smallest absolute Gasteiger partial charge is 0.331 e. The molecule has 1 heterocycles. The Morgan fingerprint density at radius 2 is 2.00 bits per heavy atom. The van der Waals surface area contributed by atoms with E-state index in [-0.39, 0.29) is 12.5 Å². The minimum atomic E-state index is -0.722. The first-order valence-electron chi connectivity index (χ1n) is 7.76. The van der Waals surface area contributed by atoms with Crippen LogP contribution in [0.1, 0.15) is 25.5 Å². The second kappa shape index (κ2) is 8.76. The van der Waals surface area contributed by atoms with E-state index in [1.807, 2.05) is 44.2 Å². The number of rotatable bonds is 8. The number of benzene rings is 1. The number of tetrazole rings is 1. The number of carbonyl (C=O) groups excluding carboxylic acids is 2. The van der Waals surface area contributed by atoms with Gasteiger partial charge in [0.25, 0.3) is 5.91 Å². The molecule has 1 atom stereocenters. The van der Waals surface area contributed by atoms with E-state index >= 15 is 0 Å². The van der Waals surface area contributed by atoms with Crippen molar-refractivity contribution in [1.82, 2.24) is 25.5 Å². The summed E-state index contributed by atoms with van der Waals surface area (Å²) < 4.78 is 6.46. The molecule has 0 aliphatic carbocycles. The van der Waals surface area contributed by atoms with Crippen LogP contribution in [0.4, 0.5) is 0 Å². The Balaban J connectivity index is 1.97. The monoisotopic (exact) mass is 331 g/mol. The maximum Gasteiger partial charge on any atom is 0.331 e. The summed E-state index contributed by atoms with van der Waals surface area (Å²) >= 11 is 0. The number of amides is 1. The number of nitrogens with zero attached hydrogens (tertiary/aromatic N) is 4. The zero-order chi connectivity index (χ0) is 17.4. The molecule has 0 aliphatic rings. The van der Waals surface area contributed by atoms with Gasteiger partial charge in [0.1, 0.15) is 6.33 Å². The SMILES string of the molecule is CC(C)CNC(=O)COC(=O)[C@@H](Cc1ccccc1)n1cnnn1. The van der Waals surface area contributed by atoms with Gasteiger partial charge in [-0.3, -0.25) is 4.79 Å². The molecule has 0 aliphatic heterocycles. The fraction of sp³-hybridized carbons (Fsp3) is 0.438. The third-order valence-corrected chi connectivity index (χ3v) is 3.28. The maximum absolute atomic E-state index is 12.4. The predicted octanol–water partition coefficient (Wildman–Crippen LogP) is 0.772. The van der Waals surface area contributed by atoms with Crippen LogP contribution in [0.5, 0.6) is 0 Å². The molecular weight excluding hydrogens is 310 g/mol. The molecule has 2 aromatic rings. The van der Waals surface area contributed by atoms with Gasteiger partial charge in [-0.05, 0) is 21.9 Å². The van der Waals surface area contributed by atoms with Crippen LogP contribution in [0.25, 0.3) is 0 Å². The quantitative estimate of drug-likeness (QED) is 0.717. The summed E-state index contributed by atoms with van der Waals surface area (Å²) in [5.74, 6) is -0.546. The lowest BCUT2D eigenvalue weighted by Crippen LogP contribution is -2.33. The summed E-state index contributed by atoms with van der Waals surface area (Å²) in [5.41, 5.74) is 0.944. The van der Waals surface area contributed by atoms with Gasteiger partial charge in [-0.25, -0.2) is 9.48 Å². The van der Waals surface area contributed by atoms with Crippen LogP contribution in [0.3, 0.4) is 0 Å². The lowest BCUT2D eigenvalue weighted by atomic mass is 10.1. The van der Waals surface area contributed by atoms with Crippen molar-refractivity contribution in [1.29, 1.82) is 0 Å². The number of esters is 1. The zero-order valence-corrected chi connectivity index (χ0v) is 13.8. The van der Waals surface area contributed by atoms with Crippen molar-refractivity contribution in [2.24, 2.45) is 5.92 Å². The van der Waals surface area contributed by atoms with Gasteiger partial charge in [0.05, 0.1) is 0 Å². The molecule has 1 amide bonds. The van der Waals surface area contributed by atoms with Gasteiger partial charge in [0.15, 0.2) is 12.6 Å². The fourth-order valence-electron chi connectivity index (χ4n) is 2.04. The van der Waals surface area contributed by atoms with Crippen molar-refractivity contribution in [3.05, 3.63) is 42.2 Å². The number of hydrogen-bond donors (Lipinski definition) is 1. The molecule has 8 nitrogen and oxygen atoms in total. The molecule has 1 aromatic heterocycles. The topological polar surface area (TPSA) is 99.0 Å². The van der Waals surface area contributed by atoms with Crippen molar-refractivity contribution in [3.8, 4) is 0 Å². The minimum Gasteiger partial charge on any atom is -0.454 e. The Kier molecular flexibility index (Phi) is 6.41. The van der Waals surface area contributed by atoms with E-state index in [9.17, 15) is 9.59 Å². The highest BCUT2D eigenvalue weighted by molar-refractivity contribution is 5.81. The highest BCUT2D eigenvalue weighted by atomic mass is 16.5. The third kappa shape index (κ3) is 5.45. The summed E-state index contributed by atoms with van der Waals surface area (Å²) in [5, 5.41) is 13.6. The molecule has 0 unspecified atom stereocenters. The molecule has 0 spiro atoms. The molecule has 2 rings (SSSR count). The van der Waals surface area contributed by atoms with Crippen LogP contribution in [-0.4, -0.2) is 45.2 Å². The summed E-state index contributed by atoms with van der Waals surface area (Å²) in [6.45, 7) is 4.19. The Morgan fingerprint density at radius 3 is 2.62 bits per heavy atom. The molecule has 1 N–H and O–H groups in total. The largest absolute Gasteiger partial charge is 0.454 e. The molecule has 0 saturated heterocycles. The van der Waals surface area contributed by atoms with E-state index in [0.29, 0.717) is 18.9 Å². The second-order valence-corrected chi connectivity index (χ2v) is 5.80. The molecule has 0 radical (unpaired) electrons. The Labute approximate surface area is 140 Å². The summed E-state index contributed by atoms with van der Waals surface area (Å²) in [6.07, 6.45) is 1.73. The first kappa shape index (κ1) is 17.6. The van der Waals surface area contributed by atoms with Gasteiger partial charge in [-0.2, -0.15) is 0 Å². The standard InChI is InChI=1S/C16H21N5O3/c1-12(2)9-17-15(22)10-24-16(23)14(21-11-18-19-20-21)8-13-6-4-3-5-7-13/h3-7,11-12,14H,8-10H2,1-2H3,(H,17,22)/t14-/m1/s1. The molecule has 0 fully saturated rings. The lowest BCUT2D eigenvalue weighted by molar-refractivity contribution is -0.152. The van der Waals surface area contributed by atoms with Gasteiger partial charge >= 0.3 is 5.97 Å². The number of hydrogen-bond acceptors (Lipinski definition) is 6. The number of aromatic nitrogens is 4. The lowest BCUT2D eigenvalue weighted by Gasteiger charge is -2.15. The number of ether oxygens (including phenoxy) is 1. The first-order chi connectivity index (χ1) is 11.6. The highest BCUT2D eigenvalue weighted by Gasteiger charge is 2.24. The third-order valence-electron chi connectivity index (χ3n) is 3.28. The molecule has 128 valence electrons. The average molecular weight is 331 g/mol. The van der Waals surface area contributed by atoms with Crippen LogP contribution in [0.15, 0.2) is 36.7 Å². The van der Waals surface area contributed by atoms with Crippen molar-refractivity contribution >= 4 is 11.9 Å². The van der Waals surface area contributed by atoms with Gasteiger partial charge in [-0.1, -0.05) is 44.2 Å². The maximum atomic E-state index is 12.4. The normalized spacial score (nSPS) is 12.0. The van der Waals surface area contributed by atoms with Crippen molar-refractivity contribution in [3.63, 3.8) is 0 Å². The second-order valence-electron chi connectivity index (χ2n) is 5.80. The van der Waals surface area contributed by atoms with E-state index < -0.39 is 12.0 Å². The fourth-order valence-corrected chi connectivity index (χ4v) is 2.04. The van der Waals surface area contributed by atoms with Crippen molar-refractivity contribution < 1.29 is 14.3 Å². The Morgan fingerprint density at radius 1 is 1.25 bits per heavy atom. The van der Waals surface area contributed by atoms with E-state index in [1.54, 1.807) is 0 Å². The van der Waals surface area contributed by atoms with Crippen LogP contribution >= 0.6 is 0 Å². The van der Waals surface area contributed by atoms with Crippen LogP contribution < -0.4 is 5.32 Å². The number of carbonyl (C=O) groups is 2. The van der Waals surface area contributed by atoms with E-state index in [2.05, 4.69) is 20.8 Å². The van der Waals surface area contributed by atoms with E-state index in [4.69, 9.17) is 4.74 Å². The molecular formula is C16H21N5O3. The molecule has 24 heavy (non-hydrogen) atoms. The summed E-state index contributed by atoms with van der Waals surface area (Å²) in [6, 6.07) is 8.75. The van der Waals surface area contributed by atoms with Crippen LogP contribution in [-0.2, 0) is 20.7 Å². The molecule has 0 bridgehead atoms. The predicted molar refractivity (Wildman–Crippen MR) is 85.8 cm³/mol. The van der Waals surface area contributed by atoms with Crippen molar-refractivity contribution in [2.75, 3.05) is 13.2 Å². The van der Waals surface area contributed by atoms with Gasteiger partial charge in [0, 0.05) is 13.0 Å². The zero-order valence-electron chi connectivity index (χ0n) is 13.8. The number of nitrogens with one attached hydrogen (secondary N) is 1. The average Bonchev–Trinajstić information content (AvgIpc) is 3.10. The van der Waals surface area contributed by atoms with Crippen LogP contribution in [0, 0.1) is 5.92 Å². The molecule has 1 aromatic carbocycles. The highest BCUT2D eigenvalue weighted by Crippen LogP contribution is 2.14. The van der Waals surface area contributed by atoms with Crippen LogP contribution in [0.2, 0.25) is 0 Å². The van der Waals surface area contributed by atoms with E-state index in [0.717, 1.165) is 5.56 Å². The summed E-state index contributed by atoms with van der Waals surface area (Å²) in [4.78, 5) is 24.1. The van der Waals surface area contributed by atoms with Gasteiger partial charge in [0.2, 0.25) is 0 Å². The van der Waals surface area contributed by atoms with Gasteiger partial charge < -0.3 is 10.1 Å². The first-order valence-corrected chi connectivity index (χ1v) is 7.76. The molecule has 0 saturated carbocycles. The van der Waals surface area contributed by atoms with E-state index in [1.165, 1.54) is 11.0 Å². The molecule has 8 heteroatoms. The Bertz CT molecular complexity index is 643.